The molecular formula is C13H24N2O. The molecular weight excluding hydrogens is 200 g/mol. The zero-order chi connectivity index (χ0) is 11.4. The van der Waals surface area contributed by atoms with Gasteiger partial charge in [-0.1, -0.05) is 19.8 Å². The quantitative estimate of drug-likeness (QED) is 0.766. The van der Waals surface area contributed by atoms with Crippen LogP contribution in [0.2, 0.25) is 0 Å². The van der Waals surface area contributed by atoms with Gasteiger partial charge in [0.25, 0.3) is 0 Å². The number of hydrogen-bond donors (Lipinski definition) is 2. The van der Waals surface area contributed by atoms with Gasteiger partial charge in [0.1, 0.15) is 0 Å². The molecule has 3 heteroatoms. The van der Waals surface area contributed by atoms with Gasteiger partial charge in [-0.3, -0.25) is 4.79 Å². The molecule has 0 aromatic rings. The Bertz CT molecular complexity index is 242. The van der Waals surface area contributed by atoms with Gasteiger partial charge >= 0.3 is 0 Å². The molecule has 1 saturated carbocycles. The Morgan fingerprint density at radius 3 is 2.94 bits per heavy atom. The Labute approximate surface area is 98.4 Å². The number of nitrogens with one attached hydrogen (secondary N) is 2. The van der Waals surface area contributed by atoms with E-state index in [0.717, 1.165) is 37.8 Å². The van der Waals surface area contributed by atoms with Crippen LogP contribution < -0.4 is 10.6 Å². The van der Waals surface area contributed by atoms with Gasteiger partial charge in [-0.05, 0) is 44.1 Å². The molecule has 0 aromatic heterocycles. The molecule has 0 spiro atoms. The highest BCUT2D eigenvalue weighted by atomic mass is 16.2. The van der Waals surface area contributed by atoms with Crippen molar-refractivity contribution in [2.45, 2.75) is 51.5 Å². The van der Waals surface area contributed by atoms with Crippen molar-refractivity contribution in [1.29, 1.82) is 0 Å². The molecule has 0 radical (unpaired) electrons. The van der Waals surface area contributed by atoms with Crippen molar-refractivity contribution in [2.24, 2.45) is 11.8 Å². The molecule has 1 heterocycles. The molecule has 2 rings (SSSR count). The molecule has 2 aliphatic rings. The third kappa shape index (κ3) is 3.21. The van der Waals surface area contributed by atoms with Crippen molar-refractivity contribution in [3.8, 4) is 0 Å². The predicted molar refractivity (Wildman–Crippen MR) is 65.2 cm³/mol. The lowest BCUT2D eigenvalue weighted by molar-refractivity contribution is -0.124. The molecule has 0 aromatic carbocycles. The molecule has 3 unspecified atom stereocenters. The van der Waals surface area contributed by atoms with Gasteiger partial charge in [0.2, 0.25) is 5.91 Å². The van der Waals surface area contributed by atoms with Crippen molar-refractivity contribution in [3.63, 3.8) is 0 Å². The van der Waals surface area contributed by atoms with Crippen LogP contribution in [0.15, 0.2) is 0 Å². The summed E-state index contributed by atoms with van der Waals surface area (Å²) in [4.78, 5) is 11.6. The van der Waals surface area contributed by atoms with Gasteiger partial charge < -0.3 is 10.6 Å². The fourth-order valence-electron chi connectivity index (χ4n) is 3.02. The Balaban J connectivity index is 1.71. The topological polar surface area (TPSA) is 41.1 Å². The first-order valence-corrected chi connectivity index (χ1v) is 6.77. The van der Waals surface area contributed by atoms with Gasteiger partial charge in [0.05, 0.1) is 6.04 Å². The van der Waals surface area contributed by atoms with Crippen molar-refractivity contribution in [2.75, 3.05) is 13.1 Å². The summed E-state index contributed by atoms with van der Waals surface area (Å²) in [6.07, 6.45) is 7.55. The van der Waals surface area contributed by atoms with Crippen molar-refractivity contribution in [3.05, 3.63) is 0 Å². The molecule has 1 saturated heterocycles. The van der Waals surface area contributed by atoms with Gasteiger partial charge in [-0.15, -0.1) is 0 Å². The number of carbonyl (C=O) groups excluding carboxylic acids is 1. The second kappa shape index (κ2) is 5.67. The summed E-state index contributed by atoms with van der Waals surface area (Å²) in [7, 11) is 0. The molecule has 16 heavy (non-hydrogen) atoms. The maximum atomic E-state index is 11.6. The Morgan fingerprint density at radius 2 is 2.19 bits per heavy atom. The number of hydrogen-bond acceptors (Lipinski definition) is 2. The van der Waals surface area contributed by atoms with E-state index in [1.807, 2.05) is 0 Å². The third-order valence-electron chi connectivity index (χ3n) is 3.98. The minimum atomic E-state index is 0.0750. The van der Waals surface area contributed by atoms with E-state index < -0.39 is 0 Å². The van der Waals surface area contributed by atoms with E-state index in [1.165, 1.54) is 25.7 Å². The van der Waals surface area contributed by atoms with Gasteiger partial charge in [0, 0.05) is 6.54 Å². The van der Waals surface area contributed by atoms with E-state index in [2.05, 4.69) is 17.6 Å². The van der Waals surface area contributed by atoms with Crippen LogP contribution in [-0.2, 0) is 4.79 Å². The zero-order valence-electron chi connectivity index (χ0n) is 10.3. The summed E-state index contributed by atoms with van der Waals surface area (Å²) in [6, 6.07) is 0.0750. The van der Waals surface area contributed by atoms with Gasteiger partial charge in [0.15, 0.2) is 0 Å². The molecule has 92 valence electrons. The number of rotatable bonds is 3. The molecule has 3 nitrogen and oxygen atoms in total. The van der Waals surface area contributed by atoms with Gasteiger partial charge in [-0.2, -0.15) is 0 Å². The van der Waals surface area contributed by atoms with Crippen LogP contribution in [0.3, 0.4) is 0 Å². The normalized spacial score (nSPS) is 35.8. The van der Waals surface area contributed by atoms with E-state index in [4.69, 9.17) is 0 Å². The SMILES string of the molecule is CC1CCCC(CNC2CCCNC2=O)C1. The first kappa shape index (κ1) is 11.9. The first-order valence-electron chi connectivity index (χ1n) is 6.77. The summed E-state index contributed by atoms with van der Waals surface area (Å²) in [5, 5.41) is 6.38. The smallest absolute Gasteiger partial charge is 0.237 e. The van der Waals surface area contributed by atoms with E-state index in [1.54, 1.807) is 0 Å². The van der Waals surface area contributed by atoms with Crippen molar-refractivity contribution in [1.82, 2.24) is 10.6 Å². The predicted octanol–water partition coefficient (Wildman–Crippen LogP) is 1.68. The van der Waals surface area contributed by atoms with E-state index in [-0.39, 0.29) is 11.9 Å². The minimum Gasteiger partial charge on any atom is -0.355 e. The molecule has 3 atom stereocenters. The van der Waals surface area contributed by atoms with Crippen LogP contribution in [0.25, 0.3) is 0 Å². The van der Waals surface area contributed by atoms with Crippen LogP contribution in [0.4, 0.5) is 0 Å². The lowest BCUT2D eigenvalue weighted by atomic mass is 9.82. The second-order valence-corrected chi connectivity index (χ2v) is 5.53. The number of piperidine rings is 1. The minimum absolute atomic E-state index is 0.0750. The Morgan fingerprint density at radius 1 is 1.31 bits per heavy atom. The molecule has 1 aliphatic carbocycles. The first-order chi connectivity index (χ1) is 7.75. The average Bonchev–Trinajstić information content (AvgIpc) is 2.28. The van der Waals surface area contributed by atoms with Crippen molar-refractivity contribution >= 4 is 5.91 Å². The maximum Gasteiger partial charge on any atom is 0.237 e. The Hall–Kier alpha value is -0.570. The average molecular weight is 224 g/mol. The van der Waals surface area contributed by atoms with E-state index >= 15 is 0 Å². The monoisotopic (exact) mass is 224 g/mol. The summed E-state index contributed by atoms with van der Waals surface area (Å²) in [6.45, 7) is 4.24. The van der Waals surface area contributed by atoms with E-state index in [0.29, 0.717) is 0 Å². The summed E-state index contributed by atoms with van der Waals surface area (Å²) in [5.41, 5.74) is 0. The maximum absolute atomic E-state index is 11.6. The molecule has 2 fully saturated rings. The molecule has 0 bridgehead atoms. The van der Waals surface area contributed by atoms with Gasteiger partial charge in [-0.25, -0.2) is 0 Å². The zero-order valence-corrected chi connectivity index (χ0v) is 10.3. The van der Waals surface area contributed by atoms with E-state index in [9.17, 15) is 4.79 Å². The molecule has 1 aliphatic heterocycles. The summed E-state index contributed by atoms with van der Waals surface area (Å²) < 4.78 is 0. The van der Waals surface area contributed by atoms with Crippen LogP contribution in [0.1, 0.15) is 45.4 Å². The lowest BCUT2D eigenvalue weighted by Crippen LogP contribution is -2.49. The Kier molecular flexibility index (Phi) is 4.22. The summed E-state index contributed by atoms with van der Waals surface area (Å²) >= 11 is 0. The highest BCUT2D eigenvalue weighted by Crippen LogP contribution is 2.28. The third-order valence-corrected chi connectivity index (χ3v) is 3.98. The standard InChI is InChI=1S/C13H24N2O/c1-10-4-2-5-11(8-10)9-15-12-6-3-7-14-13(12)16/h10-12,15H,2-9H2,1H3,(H,14,16). The molecule has 1 amide bonds. The fourth-order valence-corrected chi connectivity index (χ4v) is 3.02. The lowest BCUT2D eigenvalue weighted by Gasteiger charge is -2.29. The highest BCUT2D eigenvalue weighted by Gasteiger charge is 2.24. The summed E-state index contributed by atoms with van der Waals surface area (Å²) in [5.74, 6) is 1.87. The van der Waals surface area contributed by atoms with Crippen LogP contribution in [0, 0.1) is 11.8 Å². The van der Waals surface area contributed by atoms with Crippen LogP contribution in [-0.4, -0.2) is 25.0 Å². The highest BCUT2D eigenvalue weighted by molar-refractivity contribution is 5.82. The van der Waals surface area contributed by atoms with Crippen molar-refractivity contribution < 1.29 is 4.79 Å². The largest absolute Gasteiger partial charge is 0.355 e. The number of amides is 1. The fraction of sp³-hybridized carbons (Fsp3) is 0.923. The number of carbonyl (C=O) groups is 1. The van der Waals surface area contributed by atoms with Crippen LogP contribution in [0.5, 0.6) is 0 Å². The van der Waals surface area contributed by atoms with Crippen LogP contribution >= 0.6 is 0 Å². The second-order valence-electron chi connectivity index (χ2n) is 5.53. The molecule has 2 N–H and O–H groups in total.